The normalized spacial score (nSPS) is 20.4. The van der Waals surface area contributed by atoms with Gasteiger partial charge in [-0.1, -0.05) is 0 Å². The van der Waals surface area contributed by atoms with E-state index < -0.39 is 15.8 Å². The van der Waals surface area contributed by atoms with Crippen LogP contribution in [0.4, 0.5) is 0 Å². The van der Waals surface area contributed by atoms with Crippen molar-refractivity contribution in [2.45, 2.75) is 43.4 Å². The van der Waals surface area contributed by atoms with E-state index in [-0.39, 0.29) is 16.8 Å². The first-order valence-electron chi connectivity index (χ1n) is 8.51. The minimum Gasteiger partial charge on any atom is -0.347 e. The maximum atomic E-state index is 12.6. The van der Waals surface area contributed by atoms with Crippen molar-refractivity contribution < 1.29 is 22.7 Å². The van der Waals surface area contributed by atoms with Crippen LogP contribution < -0.4 is 4.72 Å². The summed E-state index contributed by atoms with van der Waals surface area (Å²) in [6.45, 7) is 5.86. The highest BCUT2D eigenvalue weighted by Crippen LogP contribution is 2.31. The minimum atomic E-state index is -3.55. The average molecular weight is 368 g/mol. The Kier molecular flexibility index (Phi) is 5.15. The van der Waals surface area contributed by atoms with E-state index in [4.69, 9.17) is 9.47 Å². The number of carbonyl (C=O) groups is 1. The summed E-state index contributed by atoms with van der Waals surface area (Å²) in [5, 5.41) is 0. The van der Waals surface area contributed by atoms with Crippen LogP contribution in [0.1, 0.15) is 37.0 Å². The lowest BCUT2D eigenvalue weighted by molar-refractivity contribution is -0.181. The topological polar surface area (TPSA) is 84.9 Å². The fraction of sp³-hybridized carbons (Fsp3) is 0.588. The number of nitrogens with one attached hydrogen (secondary N) is 1. The number of amides is 1. The van der Waals surface area contributed by atoms with Gasteiger partial charge in [0, 0.05) is 37.5 Å². The van der Waals surface area contributed by atoms with Crippen LogP contribution in [0.2, 0.25) is 0 Å². The van der Waals surface area contributed by atoms with Gasteiger partial charge >= 0.3 is 0 Å². The number of carbonyl (C=O) groups excluding carboxylic acids is 1. The first kappa shape index (κ1) is 18.3. The molecule has 1 aromatic carbocycles. The molecule has 2 aliphatic rings. The van der Waals surface area contributed by atoms with Crippen molar-refractivity contribution in [3.8, 4) is 0 Å². The summed E-state index contributed by atoms with van der Waals surface area (Å²) in [7, 11) is -3.55. The fourth-order valence-electron chi connectivity index (χ4n) is 3.17. The number of likely N-dealkylation sites (tertiary alicyclic amines) is 1. The van der Waals surface area contributed by atoms with Gasteiger partial charge in [-0.05, 0) is 38.1 Å². The minimum absolute atomic E-state index is 0.103. The molecule has 3 rings (SSSR count). The smallest absolute Gasteiger partial charge is 0.253 e. The standard InChI is InChI=1S/C17H24N2O5S/c1-13(2)18-25(21,22)15-5-3-14(4-6-15)16(20)19-9-7-17(8-10-19)23-11-12-24-17/h3-6,13,18H,7-12H2,1-2H3. The van der Waals surface area contributed by atoms with Gasteiger partial charge in [-0.2, -0.15) is 0 Å². The van der Waals surface area contributed by atoms with Crippen LogP contribution in [0.15, 0.2) is 29.2 Å². The second-order valence-electron chi connectivity index (χ2n) is 6.70. The van der Waals surface area contributed by atoms with Crippen molar-refractivity contribution in [1.82, 2.24) is 9.62 Å². The zero-order chi connectivity index (χ0) is 18.1. The van der Waals surface area contributed by atoms with E-state index in [0.717, 1.165) is 0 Å². The van der Waals surface area contributed by atoms with Crippen molar-refractivity contribution in [3.05, 3.63) is 29.8 Å². The fourth-order valence-corrected chi connectivity index (χ4v) is 4.42. The van der Waals surface area contributed by atoms with Gasteiger partial charge in [0.25, 0.3) is 5.91 Å². The highest BCUT2D eigenvalue weighted by molar-refractivity contribution is 7.89. The van der Waals surface area contributed by atoms with Crippen LogP contribution in [0.5, 0.6) is 0 Å². The number of hydrogen-bond acceptors (Lipinski definition) is 5. The van der Waals surface area contributed by atoms with Crippen LogP contribution in [-0.2, 0) is 19.5 Å². The summed E-state index contributed by atoms with van der Waals surface area (Å²) < 4.78 is 38.1. The SMILES string of the molecule is CC(C)NS(=O)(=O)c1ccc(C(=O)N2CCC3(CC2)OCCO3)cc1. The Balaban J connectivity index is 1.65. The van der Waals surface area contributed by atoms with Gasteiger partial charge in [-0.15, -0.1) is 0 Å². The lowest BCUT2D eigenvalue weighted by atomic mass is 10.0. The Morgan fingerprint density at radius 1 is 1.12 bits per heavy atom. The number of nitrogens with zero attached hydrogens (tertiary/aromatic N) is 1. The quantitative estimate of drug-likeness (QED) is 0.867. The van der Waals surface area contributed by atoms with Crippen molar-refractivity contribution in [3.63, 3.8) is 0 Å². The Morgan fingerprint density at radius 3 is 2.20 bits per heavy atom. The molecule has 0 aromatic heterocycles. The number of piperidine rings is 1. The van der Waals surface area contributed by atoms with E-state index in [1.807, 2.05) is 0 Å². The molecule has 25 heavy (non-hydrogen) atoms. The molecule has 2 fully saturated rings. The molecule has 0 bridgehead atoms. The van der Waals surface area contributed by atoms with Crippen molar-refractivity contribution in [2.75, 3.05) is 26.3 Å². The van der Waals surface area contributed by atoms with Crippen LogP contribution in [0.3, 0.4) is 0 Å². The number of sulfonamides is 1. The third-order valence-electron chi connectivity index (χ3n) is 4.43. The highest BCUT2D eigenvalue weighted by Gasteiger charge is 2.40. The lowest BCUT2D eigenvalue weighted by Gasteiger charge is -2.37. The molecule has 2 saturated heterocycles. The summed E-state index contributed by atoms with van der Waals surface area (Å²) in [4.78, 5) is 14.5. The van der Waals surface area contributed by atoms with E-state index >= 15 is 0 Å². The molecule has 1 aromatic rings. The average Bonchev–Trinajstić information content (AvgIpc) is 3.02. The largest absolute Gasteiger partial charge is 0.347 e. The molecule has 8 heteroatoms. The van der Waals surface area contributed by atoms with E-state index in [2.05, 4.69) is 4.72 Å². The maximum Gasteiger partial charge on any atom is 0.253 e. The van der Waals surface area contributed by atoms with Gasteiger partial charge in [0.15, 0.2) is 5.79 Å². The van der Waals surface area contributed by atoms with E-state index in [0.29, 0.717) is 44.7 Å². The predicted octanol–water partition coefficient (Wildman–Crippen LogP) is 1.35. The molecule has 0 aliphatic carbocycles. The summed E-state index contributed by atoms with van der Waals surface area (Å²) >= 11 is 0. The first-order valence-corrected chi connectivity index (χ1v) is 9.99. The lowest BCUT2D eigenvalue weighted by Crippen LogP contribution is -2.47. The van der Waals surface area contributed by atoms with Crippen LogP contribution in [0, 0.1) is 0 Å². The van der Waals surface area contributed by atoms with Crippen LogP contribution in [0.25, 0.3) is 0 Å². The Labute approximate surface area is 148 Å². The molecule has 0 atom stereocenters. The molecule has 2 aliphatic heterocycles. The molecule has 0 radical (unpaired) electrons. The van der Waals surface area contributed by atoms with Crippen LogP contribution in [-0.4, -0.2) is 57.4 Å². The molecule has 1 N–H and O–H groups in total. The molecular formula is C17H24N2O5S. The molecule has 138 valence electrons. The Hall–Kier alpha value is -1.48. The highest BCUT2D eigenvalue weighted by atomic mass is 32.2. The second-order valence-corrected chi connectivity index (χ2v) is 8.41. The van der Waals surface area contributed by atoms with Crippen LogP contribution >= 0.6 is 0 Å². The molecule has 1 spiro atoms. The third kappa shape index (κ3) is 4.03. The summed E-state index contributed by atoms with van der Waals surface area (Å²) in [6, 6.07) is 5.86. The second kappa shape index (κ2) is 7.03. The van der Waals surface area contributed by atoms with Gasteiger partial charge in [0.2, 0.25) is 10.0 Å². The molecule has 2 heterocycles. The maximum absolute atomic E-state index is 12.6. The summed E-state index contributed by atoms with van der Waals surface area (Å²) in [6.07, 6.45) is 1.31. The van der Waals surface area contributed by atoms with Gasteiger partial charge in [-0.25, -0.2) is 13.1 Å². The molecule has 7 nitrogen and oxygen atoms in total. The van der Waals surface area contributed by atoms with Gasteiger partial charge < -0.3 is 14.4 Å². The third-order valence-corrected chi connectivity index (χ3v) is 6.10. The number of rotatable bonds is 4. The van der Waals surface area contributed by atoms with E-state index in [1.165, 1.54) is 12.1 Å². The summed E-state index contributed by atoms with van der Waals surface area (Å²) in [5.74, 6) is -0.620. The van der Waals surface area contributed by atoms with Gasteiger partial charge in [-0.3, -0.25) is 4.79 Å². The van der Waals surface area contributed by atoms with Crippen molar-refractivity contribution >= 4 is 15.9 Å². The predicted molar refractivity (Wildman–Crippen MR) is 91.7 cm³/mol. The first-order chi connectivity index (χ1) is 11.8. The zero-order valence-corrected chi connectivity index (χ0v) is 15.3. The molecular weight excluding hydrogens is 344 g/mol. The molecule has 0 unspecified atom stereocenters. The number of benzene rings is 1. The molecule has 1 amide bonds. The van der Waals surface area contributed by atoms with E-state index in [9.17, 15) is 13.2 Å². The number of ether oxygens (including phenoxy) is 2. The number of hydrogen-bond donors (Lipinski definition) is 1. The van der Waals surface area contributed by atoms with Crippen molar-refractivity contribution in [1.29, 1.82) is 0 Å². The van der Waals surface area contributed by atoms with Gasteiger partial charge in [0.05, 0.1) is 18.1 Å². The molecule has 0 saturated carbocycles. The van der Waals surface area contributed by atoms with E-state index in [1.54, 1.807) is 30.9 Å². The zero-order valence-electron chi connectivity index (χ0n) is 14.5. The Bertz CT molecular complexity index is 714. The van der Waals surface area contributed by atoms with Gasteiger partial charge in [0.1, 0.15) is 0 Å². The monoisotopic (exact) mass is 368 g/mol. The Morgan fingerprint density at radius 2 is 1.68 bits per heavy atom. The van der Waals surface area contributed by atoms with Crippen molar-refractivity contribution in [2.24, 2.45) is 0 Å². The summed E-state index contributed by atoms with van der Waals surface area (Å²) in [5.41, 5.74) is 0.479.